The Balaban J connectivity index is 2.06. The van der Waals surface area contributed by atoms with E-state index in [1.54, 1.807) is 31.3 Å². The van der Waals surface area contributed by atoms with Crippen LogP contribution in [0.15, 0.2) is 28.6 Å². The van der Waals surface area contributed by atoms with Gasteiger partial charge in [0.05, 0.1) is 12.2 Å². The van der Waals surface area contributed by atoms with E-state index < -0.39 is 10.0 Å². The van der Waals surface area contributed by atoms with Gasteiger partial charge in [-0.05, 0) is 25.1 Å². The standard InChI is InChI=1S/C12H15N3O3S2/c1-9-13-6-4-10(15-9)8-14-20(17,18)12-3-2-11(19-12)5-7-16/h2-4,6,14,16H,5,7-8H2,1H3. The topological polar surface area (TPSA) is 92.2 Å². The summed E-state index contributed by atoms with van der Waals surface area (Å²) in [5, 5.41) is 8.84. The number of aliphatic hydroxyl groups excluding tert-OH is 1. The molecule has 20 heavy (non-hydrogen) atoms. The molecule has 0 aliphatic carbocycles. The van der Waals surface area contributed by atoms with E-state index in [1.807, 2.05) is 0 Å². The number of hydrogen-bond acceptors (Lipinski definition) is 6. The molecule has 2 heterocycles. The van der Waals surface area contributed by atoms with E-state index in [0.29, 0.717) is 17.9 Å². The number of aryl methyl sites for hydroxylation is 1. The number of nitrogens with one attached hydrogen (secondary N) is 1. The largest absolute Gasteiger partial charge is 0.396 e. The maximum atomic E-state index is 12.1. The molecule has 0 atom stereocenters. The van der Waals surface area contributed by atoms with Gasteiger partial charge in [0.2, 0.25) is 10.0 Å². The van der Waals surface area contributed by atoms with Gasteiger partial charge in [-0.2, -0.15) is 0 Å². The summed E-state index contributed by atoms with van der Waals surface area (Å²) in [7, 11) is -3.54. The third-order valence-electron chi connectivity index (χ3n) is 2.54. The molecule has 2 rings (SSSR count). The zero-order chi connectivity index (χ0) is 14.6. The molecule has 0 saturated carbocycles. The second-order valence-corrected chi connectivity index (χ2v) is 7.28. The summed E-state index contributed by atoms with van der Waals surface area (Å²) in [6.45, 7) is 1.88. The van der Waals surface area contributed by atoms with Crippen molar-refractivity contribution in [1.29, 1.82) is 0 Å². The molecular formula is C12H15N3O3S2. The SMILES string of the molecule is Cc1nccc(CNS(=O)(=O)c2ccc(CCO)s2)n1. The first-order valence-electron chi connectivity index (χ1n) is 5.99. The second-order valence-electron chi connectivity index (χ2n) is 4.11. The van der Waals surface area contributed by atoms with Crippen LogP contribution in [0.1, 0.15) is 16.4 Å². The van der Waals surface area contributed by atoms with Crippen LogP contribution in [0.5, 0.6) is 0 Å². The Kier molecular flexibility index (Phi) is 4.81. The highest BCUT2D eigenvalue weighted by atomic mass is 32.2. The van der Waals surface area contributed by atoms with Crippen molar-refractivity contribution >= 4 is 21.4 Å². The fraction of sp³-hybridized carbons (Fsp3) is 0.333. The molecule has 0 radical (unpaired) electrons. The predicted octanol–water partition coefficient (Wildman–Crippen LogP) is 0.860. The van der Waals surface area contributed by atoms with Gasteiger partial charge in [0.1, 0.15) is 10.0 Å². The van der Waals surface area contributed by atoms with Gasteiger partial charge in [-0.15, -0.1) is 11.3 Å². The monoisotopic (exact) mass is 313 g/mol. The third kappa shape index (κ3) is 3.83. The zero-order valence-electron chi connectivity index (χ0n) is 10.9. The van der Waals surface area contributed by atoms with Crippen LogP contribution in [0.2, 0.25) is 0 Å². The van der Waals surface area contributed by atoms with E-state index in [0.717, 1.165) is 16.2 Å². The normalized spacial score (nSPS) is 11.7. The van der Waals surface area contributed by atoms with Crippen LogP contribution in [0.25, 0.3) is 0 Å². The number of aliphatic hydroxyl groups is 1. The lowest BCUT2D eigenvalue weighted by Crippen LogP contribution is -2.23. The summed E-state index contributed by atoms with van der Waals surface area (Å²) in [6.07, 6.45) is 2.06. The van der Waals surface area contributed by atoms with E-state index in [4.69, 9.17) is 5.11 Å². The fourth-order valence-corrected chi connectivity index (χ4v) is 3.98. The van der Waals surface area contributed by atoms with Crippen LogP contribution in [-0.2, 0) is 23.0 Å². The summed E-state index contributed by atoms with van der Waals surface area (Å²) in [5.74, 6) is 0.600. The first kappa shape index (κ1) is 15.0. The molecule has 0 unspecified atom stereocenters. The number of rotatable bonds is 6. The Hall–Kier alpha value is -1.35. The Bertz CT molecular complexity index is 683. The minimum absolute atomic E-state index is 0.00758. The summed E-state index contributed by atoms with van der Waals surface area (Å²) in [4.78, 5) is 8.93. The molecule has 0 aliphatic rings. The molecule has 0 amide bonds. The molecular weight excluding hydrogens is 298 g/mol. The van der Waals surface area contributed by atoms with Crippen LogP contribution in [0.3, 0.4) is 0 Å². The third-order valence-corrected chi connectivity index (χ3v) is 5.58. The van der Waals surface area contributed by atoms with Crippen LogP contribution in [0, 0.1) is 6.92 Å². The first-order valence-corrected chi connectivity index (χ1v) is 8.29. The molecule has 0 spiro atoms. The maximum absolute atomic E-state index is 12.1. The van der Waals surface area contributed by atoms with Gasteiger partial charge < -0.3 is 5.11 Å². The van der Waals surface area contributed by atoms with E-state index in [9.17, 15) is 8.42 Å². The second kappa shape index (κ2) is 6.40. The lowest BCUT2D eigenvalue weighted by Gasteiger charge is -2.04. The molecule has 2 aromatic heterocycles. The van der Waals surface area contributed by atoms with Gasteiger partial charge in [-0.1, -0.05) is 0 Å². The summed E-state index contributed by atoms with van der Waals surface area (Å²) >= 11 is 1.16. The van der Waals surface area contributed by atoms with Crippen molar-refractivity contribution in [3.8, 4) is 0 Å². The van der Waals surface area contributed by atoms with Crippen molar-refractivity contribution in [2.75, 3.05) is 6.61 Å². The van der Waals surface area contributed by atoms with Gasteiger partial charge in [-0.3, -0.25) is 0 Å². The quantitative estimate of drug-likeness (QED) is 0.825. The highest BCUT2D eigenvalue weighted by Gasteiger charge is 2.16. The fourth-order valence-electron chi connectivity index (χ4n) is 1.59. The molecule has 0 aliphatic heterocycles. The first-order chi connectivity index (χ1) is 9.51. The molecule has 6 nitrogen and oxygen atoms in total. The smallest absolute Gasteiger partial charge is 0.250 e. The van der Waals surface area contributed by atoms with Crippen LogP contribution >= 0.6 is 11.3 Å². The average Bonchev–Trinajstić information content (AvgIpc) is 2.87. The van der Waals surface area contributed by atoms with E-state index in [-0.39, 0.29) is 17.4 Å². The Labute approximate surface area is 121 Å². The lowest BCUT2D eigenvalue weighted by molar-refractivity contribution is 0.300. The zero-order valence-corrected chi connectivity index (χ0v) is 12.5. The Morgan fingerprint density at radius 3 is 2.85 bits per heavy atom. The van der Waals surface area contributed by atoms with Gasteiger partial charge >= 0.3 is 0 Å². The van der Waals surface area contributed by atoms with Gasteiger partial charge in [-0.25, -0.2) is 23.1 Å². The highest BCUT2D eigenvalue weighted by Crippen LogP contribution is 2.21. The van der Waals surface area contributed by atoms with Crippen molar-refractivity contribution in [1.82, 2.24) is 14.7 Å². The molecule has 0 saturated heterocycles. The lowest BCUT2D eigenvalue weighted by atomic mass is 10.4. The molecule has 0 bridgehead atoms. The average molecular weight is 313 g/mol. The predicted molar refractivity (Wildman–Crippen MR) is 75.9 cm³/mol. The van der Waals surface area contributed by atoms with E-state index in [1.165, 1.54) is 0 Å². The molecule has 2 N–H and O–H groups in total. The molecule has 2 aromatic rings. The number of hydrogen-bond donors (Lipinski definition) is 2. The van der Waals surface area contributed by atoms with Crippen molar-refractivity contribution in [3.63, 3.8) is 0 Å². The Morgan fingerprint density at radius 2 is 2.15 bits per heavy atom. The van der Waals surface area contributed by atoms with Crippen LogP contribution in [0.4, 0.5) is 0 Å². The van der Waals surface area contributed by atoms with E-state index in [2.05, 4.69) is 14.7 Å². The van der Waals surface area contributed by atoms with Crippen molar-refractivity contribution < 1.29 is 13.5 Å². The molecule has 0 fully saturated rings. The Morgan fingerprint density at radius 1 is 1.35 bits per heavy atom. The minimum atomic E-state index is -3.54. The summed E-state index contributed by atoms with van der Waals surface area (Å²) in [6, 6.07) is 4.93. The molecule has 8 heteroatoms. The molecule has 0 aromatic carbocycles. The number of thiophene rings is 1. The minimum Gasteiger partial charge on any atom is -0.396 e. The summed E-state index contributed by atoms with van der Waals surface area (Å²) < 4.78 is 26.9. The maximum Gasteiger partial charge on any atom is 0.250 e. The van der Waals surface area contributed by atoms with Gasteiger partial charge in [0.15, 0.2) is 0 Å². The van der Waals surface area contributed by atoms with Crippen molar-refractivity contribution in [2.24, 2.45) is 0 Å². The van der Waals surface area contributed by atoms with Gasteiger partial charge in [0, 0.05) is 24.1 Å². The molecule has 108 valence electrons. The van der Waals surface area contributed by atoms with Crippen molar-refractivity contribution in [3.05, 3.63) is 40.8 Å². The summed E-state index contributed by atoms with van der Waals surface area (Å²) in [5.41, 5.74) is 0.619. The van der Waals surface area contributed by atoms with Crippen LogP contribution < -0.4 is 4.72 Å². The van der Waals surface area contributed by atoms with E-state index >= 15 is 0 Å². The number of sulfonamides is 1. The van der Waals surface area contributed by atoms with Gasteiger partial charge in [0.25, 0.3) is 0 Å². The number of aromatic nitrogens is 2. The highest BCUT2D eigenvalue weighted by molar-refractivity contribution is 7.91. The van der Waals surface area contributed by atoms with Crippen LogP contribution in [-0.4, -0.2) is 30.1 Å². The van der Waals surface area contributed by atoms with Crippen molar-refractivity contribution in [2.45, 2.75) is 24.1 Å². The number of nitrogens with zero attached hydrogens (tertiary/aromatic N) is 2.